The van der Waals surface area contributed by atoms with E-state index >= 15 is 0 Å². The van der Waals surface area contributed by atoms with Crippen molar-refractivity contribution in [1.82, 2.24) is 5.32 Å². The van der Waals surface area contributed by atoms with Gasteiger partial charge in [-0.3, -0.25) is 0 Å². The molecule has 17 heavy (non-hydrogen) atoms. The molecule has 2 fully saturated rings. The zero-order valence-corrected chi connectivity index (χ0v) is 11.0. The molecule has 2 bridgehead atoms. The molecule has 92 valence electrons. The first kappa shape index (κ1) is 11.8. The second kappa shape index (κ2) is 4.77. The van der Waals surface area contributed by atoms with Gasteiger partial charge in [0, 0.05) is 28.2 Å². The number of halogens is 2. The van der Waals surface area contributed by atoms with Gasteiger partial charge in [-0.15, -0.1) is 0 Å². The monoisotopic (exact) mass is 271 g/mol. The molecule has 4 heteroatoms. The third-order valence-electron chi connectivity index (χ3n) is 3.71. The standard InChI is InChI=1S/C13H15Cl2NO/c14-10-2-1-3-11(15)9(10)7-16-12-6-8-4-5-13(12)17-8/h1-3,8,12-13,16H,4-7H2. The molecule has 0 amide bonds. The molecule has 0 spiro atoms. The van der Waals surface area contributed by atoms with Crippen molar-refractivity contribution in [3.8, 4) is 0 Å². The maximum atomic E-state index is 6.14. The molecular weight excluding hydrogens is 257 g/mol. The molecule has 2 aliphatic rings. The minimum absolute atomic E-state index is 0.390. The van der Waals surface area contributed by atoms with Gasteiger partial charge in [0.2, 0.25) is 0 Å². The number of ether oxygens (including phenoxy) is 1. The van der Waals surface area contributed by atoms with Gasteiger partial charge in [0.05, 0.1) is 12.2 Å². The van der Waals surface area contributed by atoms with E-state index in [1.165, 1.54) is 12.8 Å². The average Bonchev–Trinajstić information content (AvgIpc) is 2.90. The fourth-order valence-corrected chi connectivity index (χ4v) is 3.32. The molecule has 0 radical (unpaired) electrons. The summed E-state index contributed by atoms with van der Waals surface area (Å²) < 4.78 is 5.81. The number of hydrogen-bond donors (Lipinski definition) is 1. The van der Waals surface area contributed by atoms with Gasteiger partial charge >= 0.3 is 0 Å². The Labute approximate surface area is 111 Å². The third kappa shape index (κ3) is 2.32. The largest absolute Gasteiger partial charge is 0.373 e. The van der Waals surface area contributed by atoms with Crippen molar-refractivity contribution < 1.29 is 4.74 Å². The molecule has 2 aliphatic heterocycles. The first-order valence-electron chi connectivity index (χ1n) is 6.06. The molecule has 3 rings (SSSR count). The summed E-state index contributed by atoms with van der Waals surface area (Å²) in [6.07, 6.45) is 4.38. The third-order valence-corrected chi connectivity index (χ3v) is 4.42. The SMILES string of the molecule is Clc1cccc(Cl)c1CNC1CC2CCC1O2. The minimum atomic E-state index is 0.390. The quantitative estimate of drug-likeness (QED) is 0.910. The Balaban J connectivity index is 1.64. The fourth-order valence-electron chi connectivity index (χ4n) is 2.79. The van der Waals surface area contributed by atoms with Crippen LogP contribution in [0.4, 0.5) is 0 Å². The smallest absolute Gasteiger partial charge is 0.0733 e. The number of fused-ring (bicyclic) bond motifs is 2. The Bertz CT molecular complexity index is 404. The molecule has 0 saturated carbocycles. The summed E-state index contributed by atoms with van der Waals surface area (Å²) in [6.45, 7) is 0.718. The molecule has 3 atom stereocenters. The summed E-state index contributed by atoms with van der Waals surface area (Å²) in [5.41, 5.74) is 0.985. The van der Waals surface area contributed by atoms with Crippen molar-refractivity contribution in [2.24, 2.45) is 0 Å². The van der Waals surface area contributed by atoms with E-state index in [4.69, 9.17) is 27.9 Å². The fraction of sp³-hybridized carbons (Fsp3) is 0.538. The van der Waals surface area contributed by atoms with Gasteiger partial charge in [-0.1, -0.05) is 29.3 Å². The maximum Gasteiger partial charge on any atom is 0.0733 e. The molecule has 1 aromatic rings. The molecular formula is C13H15Cl2NO. The summed E-state index contributed by atoms with van der Waals surface area (Å²) in [7, 11) is 0. The van der Waals surface area contributed by atoms with E-state index < -0.39 is 0 Å². The van der Waals surface area contributed by atoms with Crippen molar-refractivity contribution in [2.45, 2.75) is 44.1 Å². The van der Waals surface area contributed by atoms with Crippen LogP contribution in [0.15, 0.2) is 18.2 Å². The van der Waals surface area contributed by atoms with Crippen LogP contribution < -0.4 is 5.32 Å². The molecule has 3 unspecified atom stereocenters. The van der Waals surface area contributed by atoms with E-state index in [2.05, 4.69) is 5.32 Å². The molecule has 2 heterocycles. The second-order valence-corrected chi connectivity index (χ2v) is 5.61. The van der Waals surface area contributed by atoms with E-state index in [1.54, 1.807) is 0 Å². The van der Waals surface area contributed by atoms with Crippen LogP contribution in [0.2, 0.25) is 10.0 Å². The first-order valence-corrected chi connectivity index (χ1v) is 6.81. The van der Waals surface area contributed by atoms with Gasteiger partial charge in [0.25, 0.3) is 0 Å². The number of hydrogen-bond acceptors (Lipinski definition) is 2. The zero-order valence-electron chi connectivity index (χ0n) is 9.46. The number of benzene rings is 1. The van der Waals surface area contributed by atoms with Crippen LogP contribution in [0, 0.1) is 0 Å². The Hall–Kier alpha value is -0.280. The zero-order chi connectivity index (χ0) is 11.8. The van der Waals surface area contributed by atoms with Gasteiger partial charge in [-0.25, -0.2) is 0 Å². The lowest BCUT2D eigenvalue weighted by Crippen LogP contribution is -2.37. The summed E-state index contributed by atoms with van der Waals surface area (Å²) in [5, 5.41) is 4.98. The normalized spacial score (nSPS) is 31.1. The summed E-state index contributed by atoms with van der Waals surface area (Å²) in [6, 6.07) is 6.08. The van der Waals surface area contributed by atoms with Crippen LogP contribution in [-0.2, 0) is 11.3 Å². The van der Waals surface area contributed by atoms with E-state index in [9.17, 15) is 0 Å². The molecule has 2 saturated heterocycles. The second-order valence-electron chi connectivity index (χ2n) is 4.80. The Morgan fingerprint density at radius 1 is 1.24 bits per heavy atom. The van der Waals surface area contributed by atoms with E-state index in [0.29, 0.717) is 18.2 Å². The lowest BCUT2D eigenvalue weighted by atomic mass is 9.95. The van der Waals surface area contributed by atoms with Gasteiger partial charge in [-0.05, 0) is 31.4 Å². The Kier molecular flexibility index (Phi) is 3.31. The van der Waals surface area contributed by atoms with Crippen LogP contribution in [0.5, 0.6) is 0 Å². The summed E-state index contributed by atoms with van der Waals surface area (Å²) >= 11 is 12.3. The molecule has 1 aromatic carbocycles. The van der Waals surface area contributed by atoms with Gasteiger partial charge in [0.15, 0.2) is 0 Å². The molecule has 2 nitrogen and oxygen atoms in total. The molecule has 0 aliphatic carbocycles. The van der Waals surface area contributed by atoms with E-state index in [-0.39, 0.29) is 0 Å². The van der Waals surface area contributed by atoms with Crippen LogP contribution in [0.1, 0.15) is 24.8 Å². The van der Waals surface area contributed by atoms with Crippen molar-refractivity contribution in [1.29, 1.82) is 0 Å². The lowest BCUT2D eigenvalue weighted by Gasteiger charge is -2.20. The lowest BCUT2D eigenvalue weighted by molar-refractivity contribution is 0.0973. The minimum Gasteiger partial charge on any atom is -0.373 e. The van der Waals surface area contributed by atoms with Gasteiger partial charge < -0.3 is 10.1 Å². The Morgan fingerprint density at radius 3 is 2.59 bits per heavy atom. The van der Waals surface area contributed by atoms with Gasteiger partial charge in [0.1, 0.15) is 0 Å². The van der Waals surface area contributed by atoms with E-state index in [1.807, 2.05) is 18.2 Å². The van der Waals surface area contributed by atoms with Crippen LogP contribution >= 0.6 is 23.2 Å². The predicted octanol–water partition coefficient (Wildman–Crippen LogP) is 3.40. The number of nitrogens with one attached hydrogen (secondary N) is 1. The highest BCUT2D eigenvalue weighted by atomic mass is 35.5. The van der Waals surface area contributed by atoms with Crippen LogP contribution in [-0.4, -0.2) is 18.2 Å². The maximum absolute atomic E-state index is 6.14. The summed E-state index contributed by atoms with van der Waals surface area (Å²) in [5.74, 6) is 0. The van der Waals surface area contributed by atoms with Crippen LogP contribution in [0.25, 0.3) is 0 Å². The van der Waals surface area contributed by atoms with Crippen LogP contribution in [0.3, 0.4) is 0 Å². The molecule has 0 aromatic heterocycles. The van der Waals surface area contributed by atoms with Crippen molar-refractivity contribution in [2.75, 3.05) is 0 Å². The van der Waals surface area contributed by atoms with Crippen molar-refractivity contribution in [3.63, 3.8) is 0 Å². The molecule has 1 N–H and O–H groups in total. The van der Waals surface area contributed by atoms with Gasteiger partial charge in [-0.2, -0.15) is 0 Å². The highest BCUT2D eigenvalue weighted by molar-refractivity contribution is 6.35. The van der Waals surface area contributed by atoms with Crippen molar-refractivity contribution in [3.05, 3.63) is 33.8 Å². The van der Waals surface area contributed by atoms with Crippen molar-refractivity contribution >= 4 is 23.2 Å². The highest BCUT2D eigenvalue weighted by Crippen LogP contribution is 2.34. The number of rotatable bonds is 3. The average molecular weight is 272 g/mol. The topological polar surface area (TPSA) is 21.3 Å². The first-order chi connectivity index (χ1) is 8.24. The van der Waals surface area contributed by atoms with E-state index in [0.717, 1.165) is 28.6 Å². The summed E-state index contributed by atoms with van der Waals surface area (Å²) in [4.78, 5) is 0. The predicted molar refractivity (Wildman–Crippen MR) is 69.6 cm³/mol. The highest BCUT2D eigenvalue weighted by Gasteiger charge is 2.40. The Morgan fingerprint density at radius 2 is 2.00 bits per heavy atom.